The Morgan fingerprint density at radius 1 is 1.62 bits per heavy atom. The van der Waals surface area contributed by atoms with E-state index >= 15 is 0 Å². The van der Waals surface area contributed by atoms with E-state index in [9.17, 15) is 0 Å². The van der Waals surface area contributed by atoms with Crippen molar-refractivity contribution in [2.24, 2.45) is 11.7 Å². The summed E-state index contributed by atoms with van der Waals surface area (Å²) >= 11 is 1.70. The minimum atomic E-state index is -0.135. The van der Waals surface area contributed by atoms with E-state index in [1.807, 2.05) is 6.92 Å². The van der Waals surface area contributed by atoms with Crippen LogP contribution in [0.1, 0.15) is 31.5 Å². The normalized spacial score (nSPS) is 16.2. The van der Waals surface area contributed by atoms with Crippen LogP contribution >= 0.6 is 11.3 Å². The van der Waals surface area contributed by atoms with Gasteiger partial charge in [0.15, 0.2) is 0 Å². The molecule has 1 unspecified atom stereocenters. The molecule has 0 aliphatic carbocycles. The molecule has 2 nitrogen and oxygen atoms in total. The van der Waals surface area contributed by atoms with Crippen LogP contribution in [0.4, 0.5) is 0 Å². The van der Waals surface area contributed by atoms with Crippen molar-refractivity contribution in [2.45, 2.75) is 39.7 Å². The summed E-state index contributed by atoms with van der Waals surface area (Å²) in [4.78, 5) is 4.42. The molecule has 1 atom stereocenters. The third-order valence-electron chi connectivity index (χ3n) is 2.52. The molecule has 0 aromatic carbocycles. The summed E-state index contributed by atoms with van der Waals surface area (Å²) in [7, 11) is 0. The van der Waals surface area contributed by atoms with Gasteiger partial charge in [-0.1, -0.05) is 13.8 Å². The van der Waals surface area contributed by atoms with E-state index in [1.165, 1.54) is 0 Å². The topological polar surface area (TPSA) is 38.9 Å². The molecule has 74 valence electrons. The van der Waals surface area contributed by atoms with Crippen molar-refractivity contribution in [3.8, 4) is 0 Å². The van der Waals surface area contributed by atoms with Gasteiger partial charge in [0.25, 0.3) is 0 Å². The first-order chi connectivity index (χ1) is 5.92. The number of nitrogens with zero attached hydrogens (tertiary/aromatic N) is 1. The van der Waals surface area contributed by atoms with E-state index in [0.717, 1.165) is 17.1 Å². The predicted octanol–water partition coefficient (Wildman–Crippen LogP) is 2.37. The lowest BCUT2D eigenvalue weighted by Gasteiger charge is -2.27. The molecular weight excluding hydrogens is 180 g/mol. The molecule has 1 aromatic heterocycles. The average molecular weight is 198 g/mol. The van der Waals surface area contributed by atoms with Crippen LogP contribution in [0.5, 0.6) is 0 Å². The third-order valence-corrected chi connectivity index (χ3v) is 3.48. The van der Waals surface area contributed by atoms with E-state index in [1.54, 1.807) is 11.3 Å². The van der Waals surface area contributed by atoms with Gasteiger partial charge in [-0.15, -0.1) is 11.3 Å². The second kappa shape index (κ2) is 3.76. The Kier molecular flexibility index (Phi) is 3.09. The van der Waals surface area contributed by atoms with Crippen molar-refractivity contribution in [3.05, 3.63) is 16.1 Å². The maximum atomic E-state index is 6.17. The maximum absolute atomic E-state index is 6.17. The summed E-state index contributed by atoms with van der Waals surface area (Å²) in [6.07, 6.45) is 0.878. The maximum Gasteiger partial charge on any atom is 0.0946 e. The highest BCUT2D eigenvalue weighted by Crippen LogP contribution is 2.21. The molecule has 1 heterocycles. The number of aromatic nitrogens is 1. The molecule has 13 heavy (non-hydrogen) atoms. The predicted molar refractivity (Wildman–Crippen MR) is 58.0 cm³/mol. The third kappa shape index (κ3) is 2.78. The fourth-order valence-electron chi connectivity index (χ4n) is 1.01. The van der Waals surface area contributed by atoms with Gasteiger partial charge in [0.1, 0.15) is 0 Å². The number of thiazole rings is 1. The average Bonchev–Trinajstić information content (AvgIpc) is 2.34. The molecule has 0 spiro atoms. The summed E-state index contributed by atoms with van der Waals surface area (Å²) in [6, 6.07) is 0. The van der Waals surface area contributed by atoms with Crippen LogP contribution < -0.4 is 5.73 Å². The molecule has 0 saturated heterocycles. The van der Waals surface area contributed by atoms with Crippen LogP contribution in [0, 0.1) is 12.8 Å². The van der Waals surface area contributed by atoms with E-state index in [-0.39, 0.29) is 5.54 Å². The van der Waals surface area contributed by atoms with Gasteiger partial charge in [0, 0.05) is 23.0 Å². The Balaban J connectivity index is 2.68. The van der Waals surface area contributed by atoms with Gasteiger partial charge in [-0.25, -0.2) is 4.98 Å². The zero-order valence-electron chi connectivity index (χ0n) is 8.79. The van der Waals surface area contributed by atoms with E-state index in [4.69, 9.17) is 5.73 Å². The van der Waals surface area contributed by atoms with Crippen molar-refractivity contribution in [2.75, 3.05) is 0 Å². The van der Waals surface area contributed by atoms with Gasteiger partial charge in [-0.3, -0.25) is 0 Å². The second-order valence-electron chi connectivity index (χ2n) is 4.22. The highest BCUT2D eigenvalue weighted by Gasteiger charge is 2.24. The minimum Gasteiger partial charge on any atom is -0.325 e. The number of rotatable bonds is 3. The Labute approximate surface area is 84.2 Å². The summed E-state index contributed by atoms with van der Waals surface area (Å²) in [5.41, 5.74) is 7.13. The first-order valence-corrected chi connectivity index (χ1v) is 5.49. The molecule has 2 N–H and O–H groups in total. The van der Waals surface area contributed by atoms with Crippen LogP contribution in [0.15, 0.2) is 5.38 Å². The molecule has 0 fully saturated rings. The highest BCUT2D eigenvalue weighted by molar-refractivity contribution is 7.09. The molecule has 1 rings (SSSR count). The zero-order chi connectivity index (χ0) is 10.1. The van der Waals surface area contributed by atoms with Crippen molar-refractivity contribution in [1.82, 2.24) is 4.98 Å². The number of hydrogen-bond donors (Lipinski definition) is 1. The number of nitrogens with two attached hydrogens (primary N) is 1. The summed E-state index contributed by atoms with van der Waals surface area (Å²) < 4.78 is 0. The molecule has 0 amide bonds. The lowest BCUT2D eigenvalue weighted by atomic mass is 9.87. The fraction of sp³-hybridized carbons (Fsp3) is 0.700. The molecule has 0 radical (unpaired) electrons. The first-order valence-electron chi connectivity index (χ1n) is 4.61. The minimum absolute atomic E-state index is 0.135. The SMILES string of the molecule is Cc1csc(CC(C)(N)C(C)C)n1. The van der Waals surface area contributed by atoms with Gasteiger partial charge >= 0.3 is 0 Å². The molecule has 0 aliphatic heterocycles. The number of hydrogen-bond acceptors (Lipinski definition) is 3. The molecular formula is C10H18N2S. The van der Waals surface area contributed by atoms with Crippen molar-refractivity contribution >= 4 is 11.3 Å². The molecule has 0 saturated carbocycles. The highest BCUT2D eigenvalue weighted by atomic mass is 32.1. The first kappa shape index (κ1) is 10.7. The van der Waals surface area contributed by atoms with E-state index in [2.05, 4.69) is 31.1 Å². The summed E-state index contributed by atoms with van der Waals surface area (Å²) in [5.74, 6) is 0.483. The van der Waals surface area contributed by atoms with Crippen molar-refractivity contribution < 1.29 is 0 Å². The van der Waals surface area contributed by atoms with Crippen molar-refractivity contribution in [3.63, 3.8) is 0 Å². The molecule has 3 heteroatoms. The zero-order valence-corrected chi connectivity index (χ0v) is 9.61. The Bertz CT molecular complexity index is 276. The lowest BCUT2D eigenvalue weighted by molar-refractivity contribution is 0.337. The van der Waals surface area contributed by atoms with Gasteiger partial charge < -0.3 is 5.73 Å². The number of aryl methyl sites for hydroxylation is 1. The molecule has 1 aromatic rings. The fourth-order valence-corrected chi connectivity index (χ4v) is 1.96. The van der Waals surface area contributed by atoms with Crippen molar-refractivity contribution in [1.29, 1.82) is 0 Å². The monoisotopic (exact) mass is 198 g/mol. The van der Waals surface area contributed by atoms with E-state index < -0.39 is 0 Å². The second-order valence-corrected chi connectivity index (χ2v) is 5.16. The molecule has 0 aliphatic rings. The summed E-state index contributed by atoms with van der Waals surface area (Å²) in [6.45, 7) is 8.42. The van der Waals surface area contributed by atoms with Crippen LogP contribution in [0.25, 0.3) is 0 Å². The van der Waals surface area contributed by atoms with Crippen LogP contribution in [-0.2, 0) is 6.42 Å². The lowest BCUT2D eigenvalue weighted by Crippen LogP contribution is -2.43. The molecule has 0 bridgehead atoms. The Hall–Kier alpha value is -0.410. The van der Waals surface area contributed by atoms with Gasteiger partial charge in [0.05, 0.1) is 5.01 Å². The Morgan fingerprint density at radius 2 is 2.23 bits per heavy atom. The smallest absolute Gasteiger partial charge is 0.0946 e. The van der Waals surface area contributed by atoms with Crippen LogP contribution in [0.3, 0.4) is 0 Å². The van der Waals surface area contributed by atoms with Gasteiger partial charge in [0.2, 0.25) is 0 Å². The van der Waals surface area contributed by atoms with E-state index in [0.29, 0.717) is 5.92 Å². The largest absolute Gasteiger partial charge is 0.325 e. The standard InChI is InChI=1S/C10H18N2S/c1-7(2)10(4,11)5-9-12-8(3)6-13-9/h6-7H,5,11H2,1-4H3. The van der Waals surface area contributed by atoms with Gasteiger partial charge in [-0.2, -0.15) is 0 Å². The van der Waals surface area contributed by atoms with Gasteiger partial charge in [-0.05, 0) is 19.8 Å². The van der Waals surface area contributed by atoms with Crippen LogP contribution in [-0.4, -0.2) is 10.5 Å². The Morgan fingerprint density at radius 3 is 2.62 bits per heavy atom. The summed E-state index contributed by atoms with van der Waals surface area (Å²) in [5, 5.41) is 3.22. The quantitative estimate of drug-likeness (QED) is 0.810. The van der Waals surface area contributed by atoms with Crippen LogP contribution in [0.2, 0.25) is 0 Å².